The fraction of sp³-hybridized carbons (Fsp3) is 0.312. The van der Waals surface area contributed by atoms with E-state index in [1.165, 1.54) is 7.05 Å². The van der Waals surface area contributed by atoms with E-state index in [-0.39, 0.29) is 0 Å². The van der Waals surface area contributed by atoms with E-state index in [0.29, 0.717) is 23.9 Å². The highest BCUT2D eigenvalue weighted by Gasteiger charge is 2.21. The van der Waals surface area contributed by atoms with E-state index in [1.807, 2.05) is 38.1 Å². The van der Waals surface area contributed by atoms with Crippen molar-refractivity contribution in [1.29, 1.82) is 0 Å². The number of hydrogen-bond acceptors (Lipinski definition) is 4. The molecule has 1 N–H and O–H groups in total. The first-order chi connectivity index (χ1) is 10.1. The maximum Gasteiger partial charge on any atom is 0.412 e. The van der Waals surface area contributed by atoms with Crippen LogP contribution in [0.15, 0.2) is 24.3 Å². The minimum absolute atomic E-state index is 0.477. The second-order valence-electron chi connectivity index (χ2n) is 4.43. The average Bonchev–Trinajstić information content (AvgIpc) is 2.51. The molecular formula is C16H19NO4. The number of rotatable bonds is 4. The molecule has 0 spiro atoms. The summed E-state index contributed by atoms with van der Waals surface area (Å²) in [5.41, 5.74) is 0.725. The standard InChI is InChI=1S/C16H19NO4/c1-5-20-15-12-9-7-6-8-11(12)13(21-16(18)17-3)10(2)14(15)19-4/h6-9H,5H2,1-4H3,(H,17,18). The van der Waals surface area contributed by atoms with Crippen LogP contribution in [-0.2, 0) is 0 Å². The van der Waals surface area contributed by atoms with Gasteiger partial charge in [0.1, 0.15) is 5.75 Å². The molecule has 0 aliphatic rings. The van der Waals surface area contributed by atoms with E-state index in [1.54, 1.807) is 7.11 Å². The van der Waals surface area contributed by atoms with Gasteiger partial charge in [0.2, 0.25) is 0 Å². The van der Waals surface area contributed by atoms with Gasteiger partial charge < -0.3 is 19.5 Å². The highest BCUT2D eigenvalue weighted by molar-refractivity contribution is 5.98. The first-order valence-corrected chi connectivity index (χ1v) is 6.75. The molecule has 0 bridgehead atoms. The Morgan fingerprint density at radius 3 is 2.29 bits per heavy atom. The van der Waals surface area contributed by atoms with Gasteiger partial charge in [-0.15, -0.1) is 0 Å². The van der Waals surface area contributed by atoms with Gasteiger partial charge in [-0.1, -0.05) is 24.3 Å². The van der Waals surface area contributed by atoms with Crippen LogP contribution >= 0.6 is 0 Å². The zero-order chi connectivity index (χ0) is 15.4. The third kappa shape index (κ3) is 2.72. The molecule has 112 valence electrons. The number of nitrogens with one attached hydrogen (secondary N) is 1. The minimum Gasteiger partial charge on any atom is -0.492 e. The molecule has 5 nitrogen and oxygen atoms in total. The monoisotopic (exact) mass is 289 g/mol. The number of carbonyl (C=O) groups is 1. The van der Waals surface area contributed by atoms with E-state index < -0.39 is 6.09 Å². The molecule has 0 heterocycles. The van der Waals surface area contributed by atoms with Crippen molar-refractivity contribution in [2.24, 2.45) is 0 Å². The van der Waals surface area contributed by atoms with Gasteiger partial charge in [-0.05, 0) is 13.8 Å². The lowest BCUT2D eigenvalue weighted by atomic mass is 10.0. The molecule has 2 aromatic rings. The predicted molar refractivity (Wildman–Crippen MR) is 81.5 cm³/mol. The summed E-state index contributed by atoms with van der Waals surface area (Å²) in [5.74, 6) is 1.72. The Hall–Kier alpha value is -2.43. The zero-order valence-electron chi connectivity index (χ0n) is 12.6. The Bertz CT molecular complexity index is 667. The summed E-state index contributed by atoms with van der Waals surface area (Å²) in [5, 5.41) is 4.11. The summed E-state index contributed by atoms with van der Waals surface area (Å²) in [6, 6.07) is 7.60. The van der Waals surface area contributed by atoms with Crippen LogP contribution in [-0.4, -0.2) is 26.9 Å². The van der Waals surface area contributed by atoms with Gasteiger partial charge in [0, 0.05) is 23.4 Å². The molecule has 2 rings (SSSR count). The van der Waals surface area contributed by atoms with Crippen LogP contribution in [0.3, 0.4) is 0 Å². The number of benzene rings is 2. The largest absolute Gasteiger partial charge is 0.492 e. The summed E-state index contributed by atoms with van der Waals surface area (Å²) in [7, 11) is 3.09. The van der Waals surface area contributed by atoms with Gasteiger partial charge in [0.05, 0.1) is 13.7 Å². The number of carbonyl (C=O) groups excluding carboxylic acids is 1. The Balaban J connectivity index is 2.76. The number of ether oxygens (including phenoxy) is 3. The van der Waals surface area contributed by atoms with Crippen molar-refractivity contribution in [2.75, 3.05) is 20.8 Å². The topological polar surface area (TPSA) is 56.8 Å². The summed E-state index contributed by atoms with van der Waals surface area (Å²) < 4.78 is 16.6. The molecule has 0 unspecified atom stereocenters. The van der Waals surface area contributed by atoms with Crippen molar-refractivity contribution >= 4 is 16.9 Å². The van der Waals surface area contributed by atoms with E-state index in [2.05, 4.69) is 5.32 Å². The summed E-state index contributed by atoms with van der Waals surface area (Å²) in [4.78, 5) is 11.6. The SMILES string of the molecule is CCOc1c(OC)c(C)c(OC(=O)NC)c2ccccc12. The zero-order valence-corrected chi connectivity index (χ0v) is 12.6. The van der Waals surface area contributed by atoms with Gasteiger partial charge in [0.25, 0.3) is 0 Å². The van der Waals surface area contributed by atoms with Crippen LogP contribution in [0.25, 0.3) is 10.8 Å². The molecule has 0 saturated carbocycles. The Morgan fingerprint density at radius 1 is 1.14 bits per heavy atom. The van der Waals surface area contributed by atoms with Gasteiger partial charge in [-0.3, -0.25) is 0 Å². The second kappa shape index (κ2) is 6.35. The average molecular weight is 289 g/mol. The van der Waals surface area contributed by atoms with Crippen molar-refractivity contribution < 1.29 is 19.0 Å². The van der Waals surface area contributed by atoms with Crippen molar-refractivity contribution in [3.05, 3.63) is 29.8 Å². The van der Waals surface area contributed by atoms with Crippen LogP contribution in [0.4, 0.5) is 4.79 Å². The second-order valence-corrected chi connectivity index (χ2v) is 4.43. The molecule has 0 aliphatic heterocycles. The molecule has 0 aromatic heterocycles. The van der Waals surface area contributed by atoms with Crippen molar-refractivity contribution in [1.82, 2.24) is 5.32 Å². The molecule has 21 heavy (non-hydrogen) atoms. The van der Waals surface area contributed by atoms with Crippen LogP contribution < -0.4 is 19.5 Å². The first kappa shape index (κ1) is 15.0. The Kier molecular flexibility index (Phi) is 4.52. The lowest BCUT2D eigenvalue weighted by Crippen LogP contribution is -2.22. The van der Waals surface area contributed by atoms with Gasteiger partial charge in [-0.25, -0.2) is 4.79 Å². The fourth-order valence-electron chi connectivity index (χ4n) is 2.29. The van der Waals surface area contributed by atoms with Crippen molar-refractivity contribution in [3.8, 4) is 17.2 Å². The highest BCUT2D eigenvalue weighted by atomic mass is 16.6. The first-order valence-electron chi connectivity index (χ1n) is 6.75. The Labute approximate surface area is 123 Å². The number of fused-ring (bicyclic) bond motifs is 1. The maximum atomic E-state index is 11.6. The molecule has 5 heteroatoms. The highest BCUT2D eigenvalue weighted by Crippen LogP contribution is 2.45. The van der Waals surface area contributed by atoms with Crippen molar-refractivity contribution in [3.63, 3.8) is 0 Å². The van der Waals surface area contributed by atoms with E-state index in [4.69, 9.17) is 14.2 Å². The normalized spacial score (nSPS) is 10.3. The predicted octanol–water partition coefficient (Wildman–Crippen LogP) is 3.27. The van der Waals surface area contributed by atoms with Gasteiger partial charge in [0.15, 0.2) is 11.5 Å². The molecule has 0 aliphatic carbocycles. The molecule has 0 fully saturated rings. The smallest absolute Gasteiger partial charge is 0.412 e. The lowest BCUT2D eigenvalue weighted by Gasteiger charge is -2.18. The molecule has 0 saturated heterocycles. The van der Waals surface area contributed by atoms with Crippen molar-refractivity contribution in [2.45, 2.75) is 13.8 Å². The van der Waals surface area contributed by atoms with E-state index >= 15 is 0 Å². The molecule has 0 atom stereocenters. The minimum atomic E-state index is -0.519. The molecule has 0 radical (unpaired) electrons. The van der Waals surface area contributed by atoms with E-state index in [9.17, 15) is 4.79 Å². The number of methoxy groups -OCH3 is 1. The maximum absolute atomic E-state index is 11.6. The van der Waals surface area contributed by atoms with Crippen LogP contribution in [0.5, 0.6) is 17.2 Å². The third-order valence-corrected chi connectivity index (χ3v) is 3.20. The van der Waals surface area contributed by atoms with Crippen LogP contribution in [0.2, 0.25) is 0 Å². The summed E-state index contributed by atoms with van der Waals surface area (Å²) in [6.45, 7) is 4.28. The fourth-order valence-corrected chi connectivity index (χ4v) is 2.29. The van der Waals surface area contributed by atoms with E-state index in [0.717, 1.165) is 16.3 Å². The molecular weight excluding hydrogens is 270 g/mol. The molecule has 1 amide bonds. The third-order valence-electron chi connectivity index (χ3n) is 3.20. The Morgan fingerprint density at radius 2 is 1.76 bits per heavy atom. The molecule has 2 aromatic carbocycles. The summed E-state index contributed by atoms with van der Waals surface area (Å²) >= 11 is 0. The number of hydrogen-bond donors (Lipinski definition) is 1. The van der Waals surface area contributed by atoms with Gasteiger partial charge >= 0.3 is 6.09 Å². The summed E-state index contributed by atoms with van der Waals surface area (Å²) in [6.07, 6.45) is -0.519. The number of amides is 1. The van der Waals surface area contributed by atoms with Gasteiger partial charge in [-0.2, -0.15) is 0 Å². The lowest BCUT2D eigenvalue weighted by molar-refractivity contribution is 0.203. The van der Waals surface area contributed by atoms with Crippen LogP contribution in [0, 0.1) is 6.92 Å². The van der Waals surface area contributed by atoms with Crippen LogP contribution in [0.1, 0.15) is 12.5 Å². The quantitative estimate of drug-likeness (QED) is 0.938.